The molecule has 1 N–H and O–H groups in total. The number of rotatable bonds is 6. The second kappa shape index (κ2) is 7.22. The van der Waals surface area contributed by atoms with Gasteiger partial charge in [-0.05, 0) is 37.0 Å². The van der Waals surface area contributed by atoms with Crippen molar-refractivity contribution in [3.05, 3.63) is 29.8 Å². The van der Waals surface area contributed by atoms with Crippen LogP contribution in [0.3, 0.4) is 0 Å². The van der Waals surface area contributed by atoms with Gasteiger partial charge >= 0.3 is 5.97 Å². The molecule has 0 aliphatic carbocycles. The van der Waals surface area contributed by atoms with E-state index < -0.39 is 0 Å². The van der Waals surface area contributed by atoms with E-state index >= 15 is 0 Å². The summed E-state index contributed by atoms with van der Waals surface area (Å²) in [5.41, 5.74) is 2.12. The maximum atomic E-state index is 11.6. The van der Waals surface area contributed by atoms with Crippen LogP contribution in [-0.2, 0) is 9.53 Å². The first-order valence-electron chi connectivity index (χ1n) is 5.58. The Morgan fingerprint density at radius 3 is 2.76 bits per heavy atom. The van der Waals surface area contributed by atoms with E-state index in [9.17, 15) is 4.79 Å². The highest BCUT2D eigenvalue weighted by Gasteiger charge is 2.18. The van der Waals surface area contributed by atoms with Crippen molar-refractivity contribution < 1.29 is 9.53 Å². The zero-order chi connectivity index (χ0) is 12.7. The van der Waals surface area contributed by atoms with Crippen molar-refractivity contribution in [1.29, 1.82) is 0 Å². The predicted octanol–water partition coefficient (Wildman–Crippen LogP) is 2.70. The molecule has 1 unspecified atom stereocenters. The summed E-state index contributed by atoms with van der Waals surface area (Å²) >= 11 is 1.72. The number of carbonyl (C=O) groups is 1. The van der Waals surface area contributed by atoms with Crippen LogP contribution in [-0.4, -0.2) is 31.1 Å². The first kappa shape index (κ1) is 13.9. The van der Waals surface area contributed by atoms with Gasteiger partial charge in [0.1, 0.15) is 6.04 Å². The van der Waals surface area contributed by atoms with Crippen LogP contribution < -0.4 is 5.32 Å². The van der Waals surface area contributed by atoms with Crippen LogP contribution in [0.4, 0.5) is 5.69 Å². The van der Waals surface area contributed by atoms with Gasteiger partial charge in [0.25, 0.3) is 0 Å². The lowest BCUT2D eigenvalue weighted by atomic mass is 10.1. The Labute approximate surface area is 107 Å². The summed E-state index contributed by atoms with van der Waals surface area (Å²) in [6, 6.07) is 7.66. The number of anilines is 1. The number of esters is 1. The number of para-hydroxylation sites is 1. The Bertz CT molecular complexity index is 368. The molecule has 0 fully saturated rings. The molecule has 94 valence electrons. The first-order chi connectivity index (χ1) is 8.19. The average Bonchev–Trinajstić information content (AvgIpc) is 2.35. The predicted molar refractivity (Wildman–Crippen MR) is 73.6 cm³/mol. The van der Waals surface area contributed by atoms with E-state index in [0.717, 1.165) is 23.4 Å². The molecule has 0 heterocycles. The molecular weight excluding hydrogens is 234 g/mol. The summed E-state index contributed by atoms with van der Waals surface area (Å²) < 4.78 is 4.81. The quantitative estimate of drug-likeness (QED) is 0.791. The van der Waals surface area contributed by atoms with E-state index in [1.165, 1.54) is 7.11 Å². The van der Waals surface area contributed by atoms with Crippen molar-refractivity contribution in [2.24, 2.45) is 0 Å². The smallest absolute Gasteiger partial charge is 0.328 e. The zero-order valence-electron chi connectivity index (χ0n) is 10.5. The average molecular weight is 253 g/mol. The summed E-state index contributed by atoms with van der Waals surface area (Å²) in [7, 11) is 1.42. The highest BCUT2D eigenvalue weighted by Crippen LogP contribution is 2.16. The van der Waals surface area contributed by atoms with E-state index in [1.54, 1.807) is 11.8 Å². The Hall–Kier alpha value is -1.16. The van der Waals surface area contributed by atoms with Crippen LogP contribution in [0.1, 0.15) is 12.0 Å². The maximum absolute atomic E-state index is 11.6. The van der Waals surface area contributed by atoms with Gasteiger partial charge in [0.05, 0.1) is 7.11 Å². The van der Waals surface area contributed by atoms with E-state index in [2.05, 4.69) is 5.32 Å². The lowest BCUT2D eigenvalue weighted by Gasteiger charge is -2.18. The van der Waals surface area contributed by atoms with E-state index in [-0.39, 0.29) is 12.0 Å². The molecule has 1 rings (SSSR count). The molecule has 1 aromatic rings. The number of hydrogen-bond donors (Lipinski definition) is 1. The number of ether oxygens (including phenoxy) is 1. The third-order valence-corrected chi connectivity index (χ3v) is 3.22. The van der Waals surface area contributed by atoms with Crippen LogP contribution in [0.2, 0.25) is 0 Å². The molecule has 17 heavy (non-hydrogen) atoms. The Balaban J connectivity index is 2.72. The lowest BCUT2D eigenvalue weighted by Crippen LogP contribution is -2.31. The maximum Gasteiger partial charge on any atom is 0.328 e. The van der Waals surface area contributed by atoms with Crippen LogP contribution in [0.5, 0.6) is 0 Å². The molecule has 0 radical (unpaired) electrons. The van der Waals surface area contributed by atoms with Crippen molar-refractivity contribution in [1.82, 2.24) is 0 Å². The molecule has 1 aromatic carbocycles. The molecule has 4 heteroatoms. The molecule has 0 aromatic heterocycles. The van der Waals surface area contributed by atoms with Crippen molar-refractivity contribution in [3.8, 4) is 0 Å². The fourth-order valence-electron chi connectivity index (χ4n) is 1.55. The lowest BCUT2D eigenvalue weighted by molar-refractivity contribution is -0.141. The number of benzene rings is 1. The Morgan fingerprint density at radius 2 is 2.18 bits per heavy atom. The SMILES string of the molecule is COC(=O)C(CCSC)Nc1ccccc1C. The normalized spacial score (nSPS) is 11.9. The number of methoxy groups -OCH3 is 1. The van der Waals surface area contributed by atoms with Crippen LogP contribution in [0.15, 0.2) is 24.3 Å². The van der Waals surface area contributed by atoms with Gasteiger partial charge in [0.15, 0.2) is 0 Å². The number of thioether (sulfide) groups is 1. The fraction of sp³-hybridized carbons (Fsp3) is 0.462. The second-order valence-corrected chi connectivity index (χ2v) is 4.80. The van der Waals surface area contributed by atoms with Gasteiger partial charge in [-0.1, -0.05) is 18.2 Å². The summed E-state index contributed by atoms with van der Waals surface area (Å²) in [5, 5.41) is 3.24. The molecule has 0 bridgehead atoms. The standard InChI is InChI=1S/C13H19NO2S/c1-10-6-4-5-7-11(10)14-12(8-9-17-3)13(15)16-2/h4-7,12,14H,8-9H2,1-3H3. The monoisotopic (exact) mass is 253 g/mol. The van der Waals surface area contributed by atoms with Gasteiger partial charge in [0, 0.05) is 5.69 Å². The van der Waals surface area contributed by atoms with E-state index in [0.29, 0.717) is 0 Å². The van der Waals surface area contributed by atoms with Gasteiger partial charge < -0.3 is 10.1 Å². The molecule has 1 atom stereocenters. The minimum Gasteiger partial charge on any atom is -0.467 e. The van der Waals surface area contributed by atoms with Crippen molar-refractivity contribution >= 4 is 23.4 Å². The van der Waals surface area contributed by atoms with E-state index in [4.69, 9.17) is 4.74 Å². The van der Waals surface area contributed by atoms with Gasteiger partial charge in [-0.3, -0.25) is 0 Å². The molecular formula is C13H19NO2S. The fourth-order valence-corrected chi connectivity index (χ4v) is 2.02. The van der Waals surface area contributed by atoms with Gasteiger partial charge in [0.2, 0.25) is 0 Å². The number of hydrogen-bond acceptors (Lipinski definition) is 4. The largest absolute Gasteiger partial charge is 0.467 e. The molecule has 0 aliphatic rings. The second-order valence-electron chi connectivity index (χ2n) is 3.82. The molecule has 0 amide bonds. The minimum absolute atomic E-state index is 0.206. The molecule has 0 spiro atoms. The van der Waals surface area contributed by atoms with Crippen molar-refractivity contribution in [2.75, 3.05) is 24.4 Å². The number of carbonyl (C=O) groups excluding carboxylic acids is 1. The third-order valence-electron chi connectivity index (χ3n) is 2.57. The van der Waals surface area contributed by atoms with Gasteiger partial charge in [-0.25, -0.2) is 4.79 Å². The van der Waals surface area contributed by atoms with E-state index in [1.807, 2.05) is 37.4 Å². The highest BCUT2D eigenvalue weighted by atomic mass is 32.2. The molecule has 0 saturated carbocycles. The summed E-state index contributed by atoms with van der Waals surface area (Å²) in [6.07, 6.45) is 2.80. The minimum atomic E-state index is -0.270. The molecule has 0 saturated heterocycles. The first-order valence-corrected chi connectivity index (χ1v) is 6.97. The van der Waals surface area contributed by atoms with Crippen LogP contribution in [0.25, 0.3) is 0 Å². The van der Waals surface area contributed by atoms with Crippen LogP contribution >= 0.6 is 11.8 Å². The highest BCUT2D eigenvalue weighted by molar-refractivity contribution is 7.98. The van der Waals surface area contributed by atoms with Crippen LogP contribution in [0, 0.1) is 6.92 Å². The summed E-state index contributed by atoms with van der Waals surface area (Å²) in [4.78, 5) is 11.6. The zero-order valence-corrected chi connectivity index (χ0v) is 11.3. The number of nitrogens with one attached hydrogen (secondary N) is 1. The Morgan fingerprint density at radius 1 is 1.47 bits per heavy atom. The summed E-state index contributed by atoms with van der Waals surface area (Å²) in [6.45, 7) is 2.02. The molecule has 0 aliphatic heterocycles. The van der Waals surface area contributed by atoms with Crippen molar-refractivity contribution in [3.63, 3.8) is 0 Å². The van der Waals surface area contributed by atoms with Gasteiger partial charge in [-0.15, -0.1) is 0 Å². The van der Waals surface area contributed by atoms with Crippen molar-refractivity contribution in [2.45, 2.75) is 19.4 Å². The Kier molecular flexibility index (Phi) is 5.91. The van der Waals surface area contributed by atoms with Gasteiger partial charge in [-0.2, -0.15) is 11.8 Å². The number of aryl methyl sites for hydroxylation is 1. The topological polar surface area (TPSA) is 38.3 Å². The molecule has 3 nitrogen and oxygen atoms in total. The third kappa shape index (κ3) is 4.30. The summed E-state index contributed by atoms with van der Waals surface area (Å²) in [5.74, 6) is 0.723.